The van der Waals surface area contributed by atoms with Crippen LogP contribution in [-0.2, 0) is 4.79 Å². The molecule has 0 saturated carbocycles. The van der Waals surface area contributed by atoms with Gasteiger partial charge in [-0.25, -0.2) is 0 Å². The molecule has 0 bridgehead atoms. The molecule has 0 saturated heterocycles. The number of hydrogen-bond acceptors (Lipinski definition) is 3. The van der Waals surface area contributed by atoms with Crippen molar-refractivity contribution in [3.05, 3.63) is 60.2 Å². The van der Waals surface area contributed by atoms with Crippen molar-refractivity contribution < 1.29 is 4.79 Å². The molecule has 0 spiro atoms. The van der Waals surface area contributed by atoms with Crippen molar-refractivity contribution in [1.82, 2.24) is 0 Å². The lowest BCUT2D eigenvalue weighted by molar-refractivity contribution is -0.117. The third-order valence-electron chi connectivity index (χ3n) is 3.09. The van der Waals surface area contributed by atoms with Crippen LogP contribution >= 0.6 is 11.8 Å². The molecule has 3 N–H and O–H groups in total. The monoisotopic (exact) mass is 286 g/mol. The molecule has 2 aromatic rings. The molecular weight excluding hydrogens is 268 g/mol. The summed E-state index contributed by atoms with van der Waals surface area (Å²) < 4.78 is 0. The first-order valence-electron chi connectivity index (χ1n) is 6.44. The molecule has 1 amide bonds. The van der Waals surface area contributed by atoms with Crippen molar-refractivity contribution in [2.45, 2.75) is 10.8 Å². The molecule has 0 aliphatic carbocycles. The molecule has 0 radical (unpaired) electrons. The Morgan fingerprint density at radius 3 is 2.60 bits per heavy atom. The lowest BCUT2D eigenvalue weighted by atomic mass is 9.98. The number of carbonyl (C=O) groups is 1. The van der Waals surface area contributed by atoms with Crippen LogP contribution in [-0.4, -0.2) is 18.7 Å². The maximum absolute atomic E-state index is 12.3. The minimum atomic E-state index is -0.325. The van der Waals surface area contributed by atoms with Gasteiger partial charge in [0.2, 0.25) is 5.91 Å². The topological polar surface area (TPSA) is 55.1 Å². The highest BCUT2D eigenvalue weighted by Crippen LogP contribution is 2.21. The minimum Gasteiger partial charge on any atom is -0.329 e. The summed E-state index contributed by atoms with van der Waals surface area (Å²) in [4.78, 5) is 13.5. The zero-order chi connectivity index (χ0) is 14.4. The van der Waals surface area contributed by atoms with Crippen molar-refractivity contribution in [2.24, 2.45) is 5.73 Å². The van der Waals surface area contributed by atoms with Crippen LogP contribution in [0.15, 0.2) is 59.5 Å². The number of rotatable bonds is 5. The first-order valence-corrected chi connectivity index (χ1v) is 7.67. The highest BCUT2D eigenvalue weighted by Gasteiger charge is 2.18. The summed E-state index contributed by atoms with van der Waals surface area (Å²) in [5.41, 5.74) is 7.49. The fraction of sp³-hybridized carbons (Fsp3) is 0.188. The van der Waals surface area contributed by atoms with Crippen LogP contribution in [0.5, 0.6) is 0 Å². The number of carbonyl (C=O) groups excluding carboxylic acids is 1. The quantitative estimate of drug-likeness (QED) is 0.830. The molecule has 1 atom stereocenters. The minimum absolute atomic E-state index is 0.0723. The highest BCUT2D eigenvalue weighted by atomic mass is 32.2. The summed E-state index contributed by atoms with van der Waals surface area (Å²) in [6.07, 6.45) is 2.01. The van der Waals surface area contributed by atoms with Crippen LogP contribution in [0.2, 0.25) is 0 Å². The Hall–Kier alpha value is -1.78. The standard InChI is InChI=1S/C16H18N2OS/c1-20-14-9-5-8-13(10-14)18-16(19)15(11-17)12-6-3-2-4-7-12/h2-10,15H,11,17H2,1H3,(H,18,19). The molecule has 3 nitrogen and oxygen atoms in total. The van der Waals surface area contributed by atoms with Crippen molar-refractivity contribution >= 4 is 23.4 Å². The van der Waals surface area contributed by atoms with Gasteiger partial charge in [0, 0.05) is 17.1 Å². The third-order valence-corrected chi connectivity index (χ3v) is 3.82. The Morgan fingerprint density at radius 2 is 1.95 bits per heavy atom. The number of amides is 1. The number of hydrogen-bond donors (Lipinski definition) is 2. The fourth-order valence-corrected chi connectivity index (χ4v) is 2.47. The first-order chi connectivity index (χ1) is 9.74. The van der Waals surface area contributed by atoms with E-state index in [-0.39, 0.29) is 18.4 Å². The second-order valence-corrected chi connectivity index (χ2v) is 5.30. The van der Waals surface area contributed by atoms with E-state index >= 15 is 0 Å². The number of nitrogens with one attached hydrogen (secondary N) is 1. The molecule has 0 aromatic heterocycles. The van der Waals surface area contributed by atoms with Gasteiger partial charge < -0.3 is 11.1 Å². The van der Waals surface area contributed by atoms with Crippen LogP contribution in [0.3, 0.4) is 0 Å². The van der Waals surface area contributed by atoms with Gasteiger partial charge >= 0.3 is 0 Å². The van der Waals surface area contributed by atoms with Gasteiger partial charge in [0.25, 0.3) is 0 Å². The highest BCUT2D eigenvalue weighted by molar-refractivity contribution is 7.98. The van der Waals surface area contributed by atoms with Gasteiger partial charge in [0.05, 0.1) is 5.92 Å². The summed E-state index contributed by atoms with van der Waals surface area (Å²) in [5, 5.41) is 2.93. The van der Waals surface area contributed by atoms with Crippen LogP contribution < -0.4 is 11.1 Å². The molecule has 0 heterocycles. The largest absolute Gasteiger partial charge is 0.329 e. The van der Waals surface area contributed by atoms with Crippen molar-refractivity contribution in [1.29, 1.82) is 0 Å². The van der Waals surface area contributed by atoms with Crippen molar-refractivity contribution in [2.75, 3.05) is 18.1 Å². The Labute approximate surface area is 123 Å². The predicted octanol–water partition coefficient (Wildman–Crippen LogP) is 3.09. The lowest BCUT2D eigenvalue weighted by Crippen LogP contribution is -2.27. The predicted molar refractivity (Wildman–Crippen MR) is 85.1 cm³/mol. The Morgan fingerprint density at radius 1 is 1.20 bits per heavy atom. The average molecular weight is 286 g/mol. The van der Waals surface area contributed by atoms with E-state index in [1.54, 1.807) is 11.8 Å². The van der Waals surface area contributed by atoms with E-state index in [0.29, 0.717) is 0 Å². The number of nitrogens with two attached hydrogens (primary N) is 1. The second-order valence-electron chi connectivity index (χ2n) is 4.42. The second kappa shape index (κ2) is 7.12. The zero-order valence-corrected chi connectivity index (χ0v) is 12.2. The van der Waals surface area contributed by atoms with E-state index in [9.17, 15) is 4.79 Å². The summed E-state index contributed by atoms with van der Waals surface area (Å²) in [6.45, 7) is 0.290. The van der Waals surface area contributed by atoms with E-state index in [2.05, 4.69) is 5.32 Å². The Balaban J connectivity index is 2.13. The normalized spacial score (nSPS) is 11.9. The van der Waals surface area contributed by atoms with E-state index in [4.69, 9.17) is 5.73 Å². The molecular formula is C16H18N2OS. The maximum atomic E-state index is 12.3. The summed E-state index contributed by atoms with van der Waals surface area (Å²) >= 11 is 1.64. The van der Waals surface area contributed by atoms with E-state index in [0.717, 1.165) is 16.1 Å². The number of thioether (sulfide) groups is 1. The SMILES string of the molecule is CSc1cccc(NC(=O)C(CN)c2ccccc2)c1. The summed E-state index contributed by atoms with van der Waals surface area (Å²) in [7, 11) is 0. The Bertz CT molecular complexity index is 572. The van der Waals surface area contributed by atoms with Gasteiger partial charge in [-0.05, 0) is 30.0 Å². The molecule has 2 rings (SSSR count). The fourth-order valence-electron chi connectivity index (χ4n) is 2.01. The van der Waals surface area contributed by atoms with Crippen molar-refractivity contribution in [3.8, 4) is 0 Å². The van der Waals surface area contributed by atoms with Crippen LogP contribution in [0, 0.1) is 0 Å². The van der Waals surface area contributed by atoms with Crippen LogP contribution in [0.25, 0.3) is 0 Å². The van der Waals surface area contributed by atoms with E-state index in [1.165, 1.54) is 0 Å². The molecule has 104 valence electrons. The van der Waals surface area contributed by atoms with Gasteiger partial charge in [0.15, 0.2) is 0 Å². The van der Waals surface area contributed by atoms with Crippen molar-refractivity contribution in [3.63, 3.8) is 0 Å². The van der Waals surface area contributed by atoms with Gasteiger partial charge in [-0.15, -0.1) is 11.8 Å². The molecule has 2 aromatic carbocycles. The Kier molecular flexibility index (Phi) is 5.21. The smallest absolute Gasteiger partial charge is 0.233 e. The van der Waals surface area contributed by atoms with E-state index in [1.807, 2.05) is 60.9 Å². The number of anilines is 1. The molecule has 0 fully saturated rings. The summed E-state index contributed by atoms with van der Waals surface area (Å²) in [5.74, 6) is -0.397. The van der Waals surface area contributed by atoms with Gasteiger partial charge in [-0.2, -0.15) is 0 Å². The van der Waals surface area contributed by atoms with Gasteiger partial charge in [0.1, 0.15) is 0 Å². The molecule has 0 aliphatic heterocycles. The first kappa shape index (κ1) is 14.6. The summed E-state index contributed by atoms with van der Waals surface area (Å²) in [6, 6.07) is 17.4. The molecule has 1 unspecified atom stereocenters. The zero-order valence-electron chi connectivity index (χ0n) is 11.4. The molecule has 20 heavy (non-hydrogen) atoms. The average Bonchev–Trinajstić information content (AvgIpc) is 2.49. The van der Waals surface area contributed by atoms with Gasteiger partial charge in [-0.3, -0.25) is 4.79 Å². The third kappa shape index (κ3) is 3.62. The lowest BCUT2D eigenvalue weighted by Gasteiger charge is -2.15. The molecule has 0 aliphatic rings. The number of benzene rings is 2. The van der Waals surface area contributed by atoms with Crippen LogP contribution in [0.1, 0.15) is 11.5 Å². The molecule has 4 heteroatoms. The van der Waals surface area contributed by atoms with Crippen LogP contribution in [0.4, 0.5) is 5.69 Å². The van der Waals surface area contributed by atoms with E-state index < -0.39 is 0 Å². The van der Waals surface area contributed by atoms with Gasteiger partial charge in [-0.1, -0.05) is 36.4 Å². The maximum Gasteiger partial charge on any atom is 0.233 e.